The Balaban J connectivity index is 0.000001000. The highest BCUT2D eigenvalue weighted by Crippen LogP contribution is 2.34. The summed E-state index contributed by atoms with van der Waals surface area (Å²) in [6.07, 6.45) is 7.70. The quantitative estimate of drug-likeness (QED) is 0.910. The highest BCUT2D eigenvalue weighted by molar-refractivity contribution is 5.85. The first-order valence-corrected chi connectivity index (χ1v) is 7.05. The number of nitrogens with zero attached hydrogens (tertiary/aromatic N) is 3. The Morgan fingerprint density at radius 2 is 2.15 bits per heavy atom. The number of hydrogen-bond acceptors (Lipinski definition) is 4. The van der Waals surface area contributed by atoms with E-state index in [1.165, 1.54) is 37.9 Å². The molecule has 2 atom stereocenters. The SMILES string of the molecule is CCCN1CCCC2Cc3nc(O)ncc3CC21.Cl.Cl. The number of piperidine rings is 1. The van der Waals surface area contributed by atoms with Crippen LogP contribution >= 0.6 is 24.8 Å². The van der Waals surface area contributed by atoms with E-state index in [1.54, 1.807) is 0 Å². The van der Waals surface area contributed by atoms with E-state index in [1.807, 2.05) is 6.20 Å². The Morgan fingerprint density at radius 3 is 2.90 bits per heavy atom. The van der Waals surface area contributed by atoms with Crippen molar-refractivity contribution in [2.45, 2.75) is 45.1 Å². The Hall–Kier alpha value is -0.580. The average Bonchev–Trinajstić information content (AvgIpc) is 2.37. The van der Waals surface area contributed by atoms with E-state index in [9.17, 15) is 5.11 Å². The van der Waals surface area contributed by atoms with Gasteiger partial charge in [0.15, 0.2) is 0 Å². The summed E-state index contributed by atoms with van der Waals surface area (Å²) >= 11 is 0. The van der Waals surface area contributed by atoms with E-state index < -0.39 is 0 Å². The van der Waals surface area contributed by atoms with Crippen LogP contribution in [-0.4, -0.2) is 39.1 Å². The average molecular weight is 320 g/mol. The molecular formula is C14H23Cl2N3O. The fourth-order valence-electron chi connectivity index (χ4n) is 3.56. The van der Waals surface area contributed by atoms with Crippen LogP contribution in [0.1, 0.15) is 37.4 Å². The van der Waals surface area contributed by atoms with Gasteiger partial charge in [-0.05, 0) is 56.7 Å². The number of aromatic hydroxyl groups is 1. The number of fused-ring (bicyclic) bond motifs is 2. The molecule has 1 aromatic rings. The summed E-state index contributed by atoms with van der Waals surface area (Å²) in [4.78, 5) is 10.8. The highest BCUT2D eigenvalue weighted by atomic mass is 35.5. The molecule has 0 amide bonds. The number of hydrogen-bond donors (Lipinski definition) is 1. The van der Waals surface area contributed by atoms with E-state index in [0.717, 1.165) is 18.5 Å². The van der Waals surface area contributed by atoms with Crippen LogP contribution in [0.15, 0.2) is 6.20 Å². The molecule has 0 saturated carbocycles. The van der Waals surface area contributed by atoms with Gasteiger partial charge in [-0.25, -0.2) is 9.97 Å². The molecule has 0 radical (unpaired) electrons. The zero-order chi connectivity index (χ0) is 12.5. The van der Waals surface area contributed by atoms with Crippen LogP contribution in [0.5, 0.6) is 6.01 Å². The summed E-state index contributed by atoms with van der Waals surface area (Å²) in [5, 5.41) is 9.39. The summed E-state index contributed by atoms with van der Waals surface area (Å²) in [6.45, 7) is 4.69. The topological polar surface area (TPSA) is 49.2 Å². The smallest absolute Gasteiger partial charge is 0.314 e. The number of rotatable bonds is 2. The van der Waals surface area contributed by atoms with Crippen LogP contribution < -0.4 is 0 Å². The summed E-state index contributed by atoms with van der Waals surface area (Å²) in [6, 6.07) is 0.591. The Kier molecular flexibility index (Phi) is 6.49. The molecule has 0 aromatic carbocycles. The van der Waals surface area contributed by atoms with Crippen LogP contribution in [0.3, 0.4) is 0 Å². The maximum Gasteiger partial charge on any atom is 0.314 e. The fraction of sp³-hybridized carbons (Fsp3) is 0.714. The molecule has 0 bridgehead atoms. The molecule has 1 aliphatic carbocycles. The van der Waals surface area contributed by atoms with E-state index in [2.05, 4.69) is 21.8 Å². The van der Waals surface area contributed by atoms with Gasteiger partial charge in [0, 0.05) is 12.2 Å². The molecule has 4 nitrogen and oxygen atoms in total. The van der Waals surface area contributed by atoms with Gasteiger partial charge >= 0.3 is 6.01 Å². The second kappa shape index (κ2) is 7.43. The van der Waals surface area contributed by atoms with Gasteiger partial charge in [0.2, 0.25) is 0 Å². The molecule has 0 spiro atoms. The first kappa shape index (κ1) is 17.5. The van der Waals surface area contributed by atoms with Crippen molar-refractivity contribution in [1.82, 2.24) is 14.9 Å². The van der Waals surface area contributed by atoms with Crippen molar-refractivity contribution in [3.8, 4) is 6.01 Å². The number of halogens is 2. The van der Waals surface area contributed by atoms with Gasteiger partial charge in [0.05, 0.1) is 5.69 Å². The molecular weight excluding hydrogens is 297 g/mol. The number of aromatic nitrogens is 2. The van der Waals surface area contributed by atoms with Crippen molar-refractivity contribution in [2.75, 3.05) is 13.1 Å². The van der Waals surface area contributed by atoms with Gasteiger partial charge in [-0.2, -0.15) is 0 Å². The first-order chi connectivity index (χ1) is 8.78. The van der Waals surface area contributed by atoms with Crippen molar-refractivity contribution in [3.05, 3.63) is 17.5 Å². The number of likely N-dealkylation sites (tertiary alicyclic amines) is 1. The zero-order valence-corrected chi connectivity index (χ0v) is 13.4. The molecule has 114 valence electrons. The standard InChI is InChI=1S/C14H21N3O.2ClH/c1-2-5-17-6-3-4-10-7-12-11(8-13(10)17)9-15-14(18)16-12;;/h9-10,13H,2-8H2,1H3,(H,15,16,18);2*1H. The largest absolute Gasteiger partial charge is 0.479 e. The van der Waals surface area contributed by atoms with Gasteiger partial charge in [-0.15, -0.1) is 24.8 Å². The molecule has 2 aliphatic rings. The molecule has 1 aromatic heterocycles. The lowest BCUT2D eigenvalue weighted by Crippen LogP contribution is -2.49. The summed E-state index contributed by atoms with van der Waals surface area (Å²) in [5.74, 6) is 0.715. The van der Waals surface area contributed by atoms with Gasteiger partial charge < -0.3 is 5.11 Å². The summed E-state index contributed by atoms with van der Waals surface area (Å²) in [7, 11) is 0. The van der Waals surface area contributed by atoms with Crippen LogP contribution in [-0.2, 0) is 12.8 Å². The maximum absolute atomic E-state index is 9.39. The van der Waals surface area contributed by atoms with Gasteiger partial charge in [-0.3, -0.25) is 4.90 Å². The molecule has 6 heteroatoms. The third-order valence-electron chi connectivity index (χ3n) is 4.37. The van der Waals surface area contributed by atoms with Crippen LogP contribution in [0.2, 0.25) is 0 Å². The second-order valence-electron chi connectivity index (χ2n) is 5.56. The van der Waals surface area contributed by atoms with Gasteiger partial charge in [-0.1, -0.05) is 6.92 Å². The molecule has 2 unspecified atom stereocenters. The van der Waals surface area contributed by atoms with Crippen molar-refractivity contribution >= 4 is 24.8 Å². The van der Waals surface area contributed by atoms with E-state index >= 15 is 0 Å². The maximum atomic E-state index is 9.39. The Bertz CT molecular complexity index is 442. The molecule has 1 N–H and O–H groups in total. The van der Waals surface area contributed by atoms with Gasteiger partial charge in [0.25, 0.3) is 0 Å². The van der Waals surface area contributed by atoms with Crippen molar-refractivity contribution in [2.24, 2.45) is 5.92 Å². The lowest BCUT2D eigenvalue weighted by atomic mass is 9.77. The van der Waals surface area contributed by atoms with Gasteiger partial charge in [0.1, 0.15) is 0 Å². The molecule has 2 heterocycles. The van der Waals surface area contributed by atoms with Crippen LogP contribution in [0.25, 0.3) is 0 Å². The van der Waals surface area contributed by atoms with Crippen molar-refractivity contribution < 1.29 is 5.11 Å². The first-order valence-electron chi connectivity index (χ1n) is 7.05. The second-order valence-corrected chi connectivity index (χ2v) is 5.56. The molecule has 1 fully saturated rings. The van der Waals surface area contributed by atoms with E-state index in [0.29, 0.717) is 12.0 Å². The Morgan fingerprint density at radius 1 is 1.35 bits per heavy atom. The molecule has 1 saturated heterocycles. The van der Waals surface area contributed by atoms with E-state index in [-0.39, 0.29) is 30.8 Å². The minimum Gasteiger partial charge on any atom is -0.479 e. The van der Waals surface area contributed by atoms with Crippen LogP contribution in [0.4, 0.5) is 0 Å². The fourth-order valence-corrected chi connectivity index (χ4v) is 3.56. The summed E-state index contributed by atoms with van der Waals surface area (Å²) < 4.78 is 0. The van der Waals surface area contributed by atoms with Crippen molar-refractivity contribution in [3.63, 3.8) is 0 Å². The molecule has 3 rings (SSSR count). The van der Waals surface area contributed by atoms with Crippen LogP contribution in [0, 0.1) is 5.92 Å². The lowest BCUT2D eigenvalue weighted by Gasteiger charge is -2.44. The highest BCUT2D eigenvalue weighted by Gasteiger charge is 2.35. The molecule has 1 aliphatic heterocycles. The monoisotopic (exact) mass is 319 g/mol. The third-order valence-corrected chi connectivity index (χ3v) is 4.37. The minimum atomic E-state index is -0.0755. The zero-order valence-electron chi connectivity index (χ0n) is 11.8. The normalized spacial score (nSPS) is 24.9. The van der Waals surface area contributed by atoms with E-state index in [4.69, 9.17) is 0 Å². The predicted octanol–water partition coefficient (Wildman–Crippen LogP) is 2.62. The predicted molar refractivity (Wildman–Crippen MR) is 84.0 cm³/mol. The van der Waals surface area contributed by atoms with Crippen molar-refractivity contribution in [1.29, 1.82) is 0 Å². The third kappa shape index (κ3) is 3.35. The lowest BCUT2D eigenvalue weighted by molar-refractivity contribution is 0.0842. The summed E-state index contributed by atoms with van der Waals surface area (Å²) in [5.41, 5.74) is 2.30. The Labute approximate surface area is 132 Å². The minimum absolute atomic E-state index is 0. The molecule has 20 heavy (non-hydrogen) atoms.